The highest BCUT2D eigenvalue weighted by atomic mass is 35.5. The molecule has 2 fully saturated rings. The van der Waals surface area contributed by atoms with E-state index in [4.69, 9.17) is 11.6 Å². The molecule has 1 aliphatic heterocycles. The molecule has 0 radical (unpaired) electrons. The molecule has 37 heavy (non-hydrogen) atoms. The van der Waals surface area contributed by atoms with Gasteiger partial charge in [-0.25, -0.2) is 4.98 Å². The minimum Gasteiger partial charge on any atom is -0.350 e. The smallest absolute Gasteiger partial charge is 0.253 e. The summed E-state index contributed by atoms with van der Waals surface area (Å²) in [5, 5.41) is 4.68. The molecule has 198 valence electrons. The van der Waals surface area contributed by atoms with E-state index in [2.05, 4.69) is 45.9 Å². The van der Waals surface area contributed by atoms with Crippen LogP contribution in [0.5, 0.6) is 0 Å². The number of benzene rings is 1. The Hall–Kier alpha value is -2.48. The van der Waals surface area contributed by atoms with Crippen LogP contribution in [0.4, 0.5) is 0 Å². The highest BCUT2D eigenvalue weighted by Crippen LogP contribution is 2.35. The van der Waals surface area contributed by atoms with Crippen LogP contribution in [-0.2, 0) is 6.42 Å². The van der Waals surface area contributed by atoms with E-state index in [9.17, 15) is 4.79 Å². The third-order valence-corrected chi connectivity index (χ3v) is 8.73. The Morgan fingerprint density at radius 3 is 2.51 bits per heavy atom. The van der Waals surface area contributed by atoms with Crippen LogP contribution in [0.25, 0.3) is 16.7 Å². The van der Waals surface area contributed by atoms with E-state index in [1.165, 1.54) is 19.3 Å². The number of hydrogen-bond acceptors (Lipinski definition) is 5. The van der Waals surface area contributed by atoms with Crippen molar-refractivity contribution >= 4 is 28.4 Å². The van der Waals surface area contributed by atoms with Gasteiger partial charge >= 0.3 is 0 Å². The fourth-order valence-corrected chi connectivity index (χ4v) is 6.54. The molecular formula is C29H39ClN6O. The van der Waals surface area contributed by atoms with E-state index in [0.717, 1.165) is 67.9 Å². The number of hydrogen-bond donors (Lipinski definition) is 1. The van der Waals surface area contributed by atoms with Crippen molar-refractivity contribution in [3.63, 3.8) is 0 Å². The van der Waals surface area contributed by atoms with Gasteiger partial charge in [0.15, 0.2) is 5.82 Å². The lowest BCUT2D eigenvalue weighted by atomic mass is 9.79. The largest absolute Gasteiger partial charge is 0.350 e. The standard InChI is InChI=1S/C29H39ClN6O/c1-4-24-27(32-14-13-31-24)36-19-22(26-23(30)9-8-10-25(26)36)28(37)33-20-29(11-6-5-7-12-29)35-17-15-34(16-18-35)21(2)3/h8-10,13-14,19,21H,4-7,11-12,15-18,20H2,1-3H3,(H,33,37). The van der Waals surface area contributed by atoms with Crippen LogP contribution in [0.3, 0.4) is 0 Å². The summed E-state index contributed by atoms with van der Waals surface area (Å²) in [6, 6.07) is 6.33. The topological polar surface area (TPSA) is 66.3 Å². The fraction of sp³-hybridized carbons (Fsp3) is 0.552. The molecule has 1 N–H and O–H groups in total. The average Bonchev–Trinajstić information content (AvgIpc) is 3.33. The Morgan fingerprint density at radius 1 is 1.08 bits per heavy atom. The Kier molecular flexibility index (Phi) is 7.84. The third kappa shape index (κ3) is 5.14. The average molecular weight is 523 g/mol. The molecule has 0 bridgehead atoms. The molecule has 1 aliphatic carbocycles. The molecule has 7 nitrogen and oxygen atoms in total. The van der Waals surface area contributed by atoms with E-state index in [1.807, 2.05) is 29.0 Å². The van der Waals surface area contributed by atoms with E-state index < -0.39 is 0 Å². The van der Waals surface area contributed by atoms with Gasteiger partial charge in [-0.3, -0.25) is 24.1 Å². The summed E-state index contributed by atoms with van der Waals surface area (Å²) in [5.41, 5.74) is 2.36. The molecule has 0 spiro atoms. The normalized spacial score (nSPS) is 18.9. The number of nitrogens with one attached hydrogen (secondary N) is 1. The Balaban J connectivity index is 1.42. The number of carbonyl (C=O) groups excluding carboxylic acids is 1. The number of halogens is 1. The minimum absolute atomic E-state index is 0.0272. The predicted octanol–water partition coefficient (Wildman–Crippen LogP) is 5.10. The van der Waals surface area contributed by atoms with Gasteiger partial charge in [0.05, 0.1) is 21.8 Å². The number of rotatable bonds is 7. The summed E-state index contributed by atoms with van der Waals surface area (Å²) in [4.78, 5) is 28.1. The number of piperazine rings is 1. The summed E-state index contributed by atoms with van der Waals surface area (Å²) >= 11 is 6.68. The van der Waals surface area contributed by atoms with Crippen LogP contribution < -0.4 is 5.32 Å². The number of nitrogens with zero attached hydrogens (tertiary/aromatic N) is 5. The first-order valence-corrected chi connectivity index (χ1v) is 14.2. The zero-order valence-electron chi connectivity index (χ0n) is 22.3. The van der Waals surface area contributed by atoms with Crippen molar-refractivity contribution in [1.29, 1.82) is 0 Å². The molecule has 1 aromatic carbocycles. The summed E-state index contributed by atoms with van der Waals surface area (Å²) in [7, 11) is 0. The Morgan fingerprint density at radius 2 is 1.81 bits per heavy atom. The molecule has 2 aromatic heterocycles. The van der Waals surface area contributed by atoms with Crippen molar-refractivity contribution in [3.05, 3.63) is 53.1 Å². The minimum atomic E-state index is -0.0791. The number of fused-ring (bicyclic) bond motifs is 1. The Labute approximate surface area is 225 Å². The maximum Gasteiger partial charge on any atom is 0.253 e. The second kappa shape index (κ2) is 11.1. The van der Waals surface area contributed by atoms with Crippen molar-refractivity contribution in [2.75, 3.05) is 32.7 Å². The molecule has 3 aromatic rings. The number of carbonyl (C=O) groups is 1. The number of aromatic nitrogens is 3. The molecule has 2 aliphatic rings. The zero-order valence-corrected chi connectivity index (χ0v) is 23.1. The quantitative estimate of drug-likeness (QED) is 0.468. The highest BCUT2D eigenvalue weighted by molar-refractivity contribution is 6.37. The predicted molar refractivity (Wildman–Crippen MR) is 150 cm³/mol. The molecule has 1 saturated carbocycles. The molecular weight excluding hydrogens is 484 g/mol. The van der Waals surface area contributed by atoms with Crippen LogP contribution >= 0.6 is 11.6 Å². The van der Waals surface area contributed by atoms with Gasteiger partial charge in [-0.05, 0) is 45.2 Å². The fourth-order valence-electron chi connectivity index (χ4n) is 6.27. The molecule has 1 amide bonds. The molecule has 1 saturated heterocycles. The van der Waals surface area contributed by atoms with Crippen LogP contribution in [0.1, 0.15) is 68.9 Å². The van der Waals surface area contributed by atoms with Crippen molar-refractivity contribution in [2.45, 2.75) is 70.9 Å². The lowest BCUT2D eigenvalue weighted by Crippen LogP contribution is -2.62. The van der Waals surface area contributed by atoms with Crippen LogP contribution in [-0.4, -0.2) is 74.5 Å². The SMILES string of the molecule is CCc1nccnc1-n1cc(C(=O)NCC2(N3CCN(C(C)C)CC3)CCCCC2)c2c(Cl)cccc21. The number of amides is 1. The van der Waals surface area contributed by atoms with Crippen molar-refractivity contribution in [2.24, 2.45) is 0 Å². The molecule has 3 heterocycles. The van der Waals surface area contributed by atoms with E-state index in [1.54, 1.807) is 12.4 Å². The lowest BCUT2D eigenvalue weighted by Gasteiger charge is -2.50. The van der Waals surface area contributed by atoms with Gasteiger partial charge in [0.2, 0.25) is 0 Å². The first-order chi connectivity index (χ1) is 17.9. The van der Waals surface area contributed by atoms with Crippen LogP contribution in [0, 0.1) is 0 Å². The Bertz CT molecular complexity index is 1240. The van der Waals surface area contributed by atoms with Gasteiger partial charge in [0, 0.05) is 68.3 Å². The number of aryl methyl sites for hydroxylation is 1. The third-order valence-electron chi connectivity index (χ3n) is 8.42. The second-order valence-electron chi connectivity index (χ2n) is 10.8. The first kappa shape index (κ1) is 26.1. The van der Waals surface area contributed by atoms with Gasteiger partial charge in [0.1, 0.15) is 0 Å². The van der Waals surface area contributed by atoms with Crippen LogP contribution in [0.2, 0.25) is 5.02 Å². The van der Waals surface area contributed by atoms with Gasteiger partial charge in [-0.2, -0.15) is 0 Å². The molecule has 5 rings (SSSR count). The van der Waals surface area contributed by atoms with Gasteiger partial charge in [-0.15, -0.1) is 0 Å². The summed E-state index contributed by atoms with van der Waals surface area (Å²) in [6.07, 6.45) is 12.0. The first-order valence-electron chi connectivity index (χ1n) is 13.8. The van der Waals surface area contributed by atoms with Crippen LogP contribution in [0.15, 0.2) is 36.8 Å². The van der Waals surface area contributed by atoms with E-state index in [0.29, 0.717) is 23.2 Å². The van der Waals surface area contributed by atoms with Crippen molar-refractivity contribution in [3.8, 4) is 5.82 Å². The van der Waals surface area contributed by atoms with Gasteiger partial charge in [-0.1, -0.05) is 43.9 Å². The lowest BCUT2D eigenvalue weighted by molar-refractivity contribution is 0.000839. The second-order valence-corrected chi connectivity index (χ2v) is 11.2. The van der Waals surface area contributed by atoms with E-state index in [-0.39, 0.29) is 11.4 Å². The van der Waals surface area contributed by atoms with Crippen molar-refractivity contribution in [1.82, 2.24) is 29.7 Å². The van der Waals surface area contributed by atoms with Crippen molar-refractivity contribution < 1.29 is 4.79 Å². The monoisotopic (exact) mass is 522 g/mol. The maximum absolute atomic E-state index is 13.8. The summed E-state index contributed by atoms with van der Waals surface area (Å²) < 4.78 is 1.96. The van der Waals surface area contributed by atoms with Gasteiger partial charge < -0.3 is 5.32 Å². The molecule has 0 atom stereocenters. The van der Waals surface area contributed by atoms with E-state index >= 15 is 0 Å². The molecule has 0 unspecified atom stereocenters. The summed E-state index contributed by atoms with van der Waals surface area (Å²) in [5.74, 6) is 0.660. The van der Waals surface area contributed by atoms with Gasteiger partial charge in [0.25, 0.3) is 5.91 Å². The maximum atomic E-state index is 13.8. The zero-order chi connectivity index (χ0) is 26.0. The highest BCUT2D eigenvalue weighted by Gasteiger charge is 2.40. The summed E-state index contributed by atoms with van der Waals surface area (Å²) in [6.45, 7) is 11.6. The molecule has 8 heteroatoms.